The van der Waals surface area contributed by atoms with E-state index in [4.69, 9.17) is 14.2 Å². The van der Waals surface area contributed by atoms with Crippen LogP contribution in [0.3, 0.4) is 0 Å². The first kappa shape index (κ1) is 23.0. The van der Waals surface area contributed by atoms with E-state index in [0.717, 1.165) is 41.0 Å². The van der Waals surface area contributed by atoms with Gasteiger partial charge in [0.2, 0.25) is 12.5 Å². The molecule has 37 heavy (non-hydrogen) atoms. The second-order valence-electron chi connectivity index (χ2n) is 9.17. The molecule has 2 aliphatic rings. The lowest BCUT2D eigenvalue weighted by Gasteiger charge is -2.34. The minimum atomic E-state index is -0.271. The van der Waals surface area contributed by atoms with Crippen molar-refractivity contribution >= 4 is 11.6 Å². The molecule has 188 valence electrons. The van der Waals surface area contributed by atoms with E-state index < -0.39 is 0 Å². The van der Waals surface area contributed by atoms with Crippen LogP contribution in [0.2, 0.25) is 0 Å². The van der Waals surface area contributed by atoms with Gasteiger partial charge in [-0.25, -0.2) is 0 Å². The standard InChI is InChI=1S/C27H26N6O4/c1-16-4-8-19(9-5-16)28-27(34)17-6-10-20(11-7-17)33-26(29-30-31-33)23-22-18(12-13-32(23)2)14-21-24(25(22)35-3)37-15-36-21/h4-11,14,23H,12-13,15H2,1-3H3,(H,28,34). The number of rotatable bonds is 5. The Kier molecular flexibility index (Phi) is 5.72. The summed E-state index contributed by atoms with van der Waals surface area (Å²) < 4.78 is 18.9. The van der Waals surface area contributed by atoms with Crippen LogP contribution in [-0.2, 0) is 6.42 Å². The van der Waals surface area contributed by atoms with E-state index in [9.17, 15) is 4.79 Å². The Hall–Kier alpha value is -4.44. The third kappa shape index (κ3) is 4.05. The number of anilines is 1. The average molecular weight is 499 g/mol. The van der Waals surface area contributed by atoms with Crippen LogP contribution in [0, 0.1) is 6.92 Å². The Morgan fingerprint density at radius 3 is 2.65 bits per heavy atom. The number of hydrogen-bond donors (Lipinski definition) is 1. The van der Waals surface area contributed by atoms with Crippen LogP contribution < -0.4 is 19.5 Å². The first-order valence-corrected chi connectivity index (χ1v) is 12.0. The minimum Gasteiger partial charge on any atom is -0.492 e. The Balaban J connectivity index is 1.33. The van der Waals surface area contributed by atoms with Crippen molar-refractivity contribution in [2.45, 2.75) is 19.4 Å². The summed E-state index contributed by atoms with van der Waals surface area (Å²) >= 11 is 0. The number of tetrazole rings is 1. The summed E-state index contributed by atoms with van der Waals surface area (Å²) in [7, 11) is 3.67. The van der Waals surface area contributed by atoms with Crippen molar-refractivity contribution in [2.24, 2.45) is 0 Å². The van der Waals surface area contributed by atoms with Gasteiger partial charge in [-0.15, -0.1) is 5.10 Å². The second-order valence-corrected chi connectivity index (χ2v) is 9.17. The van der Waals surface area contributed by atoms with Crippen molar-refractivity contribution in [3.05, 3.63) is 82.7 Å². The second kappa shape index (κ2) is 9.21. The van der Waals surface area contributed by atoms with E-state index in [1.807, 2.05) is 56.4 Å². The third-order valence-corrected chi connectivity index (χ3v) is 6.82. The van der Waals surface area contributed by atoms with Gasteiger partial charge in [-0.3, -0.25) is 9.69 Å². The van der Waals surface area contributed by atoms with E-state index in [2.05, 4.69) is 25.7 Å². The Morgan fingerprint density at radius 2 is 1.89 bits per heavy atom. The largest absolute Gasteiger partial charge is 0.492 e. The first-order valence-electron chi connectivity index (χ1n) is 12.0. The average Bonchev–Trinajstić information content (AvgIpc) is 3.59. The van der Waals surface area contributed by atoms with Gasteiger partial charge in [0.15, 0.2) is 17.3 Å². The molecule has 10 heteroatoms. The summed E-state index contributed by atoms with van der Waals surface area (Å²) in [6.07, 6.45) is 0.835. The zero-order valence-corrected chi connectivity index (χ0v) is 20.8. The molecule has 1 atom stereocenters. The maximum Gasteiger partial charge on any atom is 0.255 e. The zero-order valence-electron chi connectivity index (χ0n) is 20.8. The molecule has 1 unspecified atom stereocenters. The molecule has 0 saturated carbocycles. The van der Waals surface area contributed by atoms with Crippen molar-refractivity contribution in [1.82, 2.24) is 25.1 Å². The molecule has 1 aromatic heterocycles. The van der Waals surface area contributed by atoms with Crippen LogP contribution in [0.4, 0.5) is 5.69 Å². The molecule has 6 rings (SSSR count). The van der Waals surface area contributed by atoms with Crippen molar-refractivity contribution in [1.29, 1.82) is 0 Å². The van der Waals surface area contributed by atoms with Gasteiger partial charge < -0.3 is 19.5 Å². The summed E-state index contributed by atoms with van der Waals surface area (Å²) in [5.74, 6) is 2.38. The fraction of sp³-hybridized carbons (Fsp3) is 0.259. The molecule has 0 fully saturated rings. The van der Waals surface area contributed by atoms with Crippen LogP contribution in [0.1, 0.15) is 38.9 Å². The number of methoxy groups -OCH3 is 1. The number of benzene rings is 3. The SMILES string of the molecule is COc1c2c(cc3c1C(c1nnnn1-c1ccc(C(=O)Nc4ccc(C)cc4)cc1)N(C)CC3)OCO2. The molecule has 0 aliphatic carbocycles. The predicted molar refractivity (Wildman–Crippen MR) is 136 cm³/mol. The van der Waals surface area contributed by atoms with Crippen LogP contribution in [0.5, 0.6) is 17.2 Å². The molecule has 1 amide bonds. The van der Waals surface area contributed by atoms with Crippen molar-refractivity contribution in [3.8, 4) is 22.9 Å². The Bertz CT molecular complexity index is 1470. The van der Waals surface area contributed by atoms with Crippen molar-refractivity contribution in [3.63, 3.8) is 0 Å². The highest BCUT2D eigenvalue weighted by Crippen LogP contribution is 2.50. The molecule has 10 nitrogen and oxygen atoms in total. The minimum absolute atomic E-state index is 0.163. The third-order valence-electron chi connectivity index (χ3n) is 6.82. The number of aromatic nitrogens is 4. The molecule has 3 heterocycles. The van der Waals surface area contributed by atoms with Gasteiger partial charge in [0.1, 0.15) is 6.04 Å². The maximum atomic E-state index is 12.8. The van der Waals surface area contributed by atoms with Crippen molar-refractivity contribution in [2.75, 3.05) is 32.8 Å². The maximum absolute atomic E-state index is 12.8. The number of fused-ring (bicyclic) bond motifs is 2. The van der Waals surface area contributed by atoms with Crippen molar-refractivity contribution < 1.29 is 19.0 Å². The van der Waals surface area contributed by atoms with E-state index in [1.54, 1.807) is 23.9 Å². The Labute approximate surface area is 213 Å². The van der Waals surface area contributed by atoms with E-state index in [-0.39, 0.29) is 18.7 Å². The smallest absolute Gasteiger partial charge is 0.255 e. The van der Waals surface area contributed by atoms with Gasteiger partial charge in [-0.2, -0.15) is 4.68 Å². The van der Waals surface area contributed by atoms with Gasteiger partial charge in [-0.05, 0) is 78.8 Å². The van der Waals surface area contributed by atoms with Crippen LogP contribution in [-0.4, -0.2) is 58.5 Å². The highest BCUT2D eigenvalue weighted by molar-refractivity contribution is 6.04. The number of carbonyl (C=O) groups is 1. The number of ether oxygens (including phenoxy) is 3. The highest BCUT2D eigenvalue weighted by atomic mass is 16.7. The lowest BCUT2D eigenvalue weighted by Crippen LogP contribution is -2.35. The van der Waals surface area contributed by atoms with Gasteiger partial charge in [0.05, 0.1) is 12.8 Å². The molecule has 0 radical (unpaired) electrons. The molecule has 0 bridgehead atoms. The predicted octanol–water partition coefficient (Wildman–Crippen LogP) is 3.54. The number of nitrogens with zero attached hydrogens (tertiary/aromatic N) is 5. The number of nitrogens with one attached hydrogen (secondary N) is 1. The van der Waals surface area contributed by atoms with Gasteiger partial charge >= 0.3 is 0 Å². The number of aryl methyl sites for hydroxylation is 1. The summed E-state index contributed by atoms with van der Waals surface area (Å²) in [5.41, 5.74) is 5.23. The number of carbonyl (C=O) groups excluding carboxylic acids is 1. The molecule has 4 aromatic rings. The lowest BCUT2D eigenvalue weighted by molar-refractivity contribution is 0.102. The number of amides is 1. The molecule has 3 aromatic carbocycles. The molecule has 0 saturated heterocycles. The van der Waals surface area contributed by atoms with Crippen LogP contribution in [0.15, 0.2) is 54.6 Å². The van der Waals surface area contributed by atoms with Gasteiger partial charge in [-0.1, -0.05) is 17.7 Å². The van der Waals surface area contributed by atoms with E-state index in [0.29, 0.717) is 28.6 Å². The monoisotopic (exact) mass is 498 g/mol. The van der Waals surface area contributed by atoms with E-state index in [1.165, 1.54) is 0 Å². The van der Waals surface area contributed by atoms with Crippen LogP contribution >= 0.6 is 0 Å². The summed E-state index contributed by atoms with van der Waals surface area (Å²) in [6.45, 7) is 2.98. The molecule has 0 spiro atoms. The summed E-state index contributed by atoms with van der Waals surface area (Å²) in [6, 6.07) is 16.6. The van der Waals surface area contributed by atoms with Gasteiger partial charge in [0.25, 0.3) is 5.91 Å². The molecule has 1 N–H and O–H groups in total. The topological polar surface area (TPSA) is 104 Å². The zero-order chi connectivity index (χ0) is 25.5. The molecular weight excluding hydrogens is 472 g/mol. The molecule has 2 aliphatic heterocycles. The van der Waals surface area contributed by atoms with Gasteiger partial charge in [0, 0.05) is 23.4 Å². The number of likely N-dealkylation sites (N-methyl/N-ethyl adjacent to an activating group) is 1. The quantitative estimate of drug-likeness (QED) is 0.446. The normalized spacial score (nSPS) is 16.4. The fourth-order valence-corrected chi connectivity index (χ4v) is 4.90. The summed E-state index contributed by atoms with van der Waals surface area (Å²) in [4.78, 5) is 14.9. The lowest BCUT2D eigenvalue weighted by atomic mass is 9.90. The number of hydrogen-bond acceptors (Lipinski definition) is 8. The Morgan fingerprint density at radius 1 is 1.11 bits per heavy atom. The van der Waals surface area contributed by atoms with Crippen LogP contribution in [0.25, 0.3) is 5.69 Å². The summed E-state index contributed by atoms with van der Waals surface area (Å²) in [5, 5.41) is 15.6. The first-order chi connectivity index (χ1) is 18.0. The van der Waals surface area contributed by atoms with E-state index >= 15 is 0 Å². The highest BCUT2D eigenvalue weighted by Gasteiger charge is 2.37. The fourth-order valence-electron chi connectivity index (χ4n) is 4.90. The molecular formula is C27H26N6O4.